The normalized spacial score (nSPS) is 18.9. The molecule has 0 radical (unpaired) electrons. The molecule has 0 saturated carbocycles. The van der Waals surface area contributed by atoms with Gasteiger partial charge in [0.05, 0.1) is 23.6 Å². The van der Waals surface area contributed by atoms with E-state index in [1.807, 2.05) is 0 Å². The quantitative estimate of drug-likeness (QED) is 0.638. The molecule has 8 heteroatoms. The highest BCUT2D eigenvalue weighted by molar-refractivity contribution is 8.01. The maximum Gasteiger partial charge on any atom is 0.339 e. The molecule has 0 bridgehead atoms. The van der Waals surface area contributed by atoms with Gasteiger partial charge in [-0.15, -0.1) is 11.8 Å². The Bertz CT molecular complexity index is 674. The van der Waals surface area contributed by atoms with Crippen LogP contribution in [-0.2, 0) is 19.1 Å². The van der Waals surface area contributed by atoms with Crippen molar-refractivity contribution in [2.24, 2.45) is 0 Å². The van der Waals surface area contributed by atoms with Gasteiger partial charge in [-0.3, -0.25) is 14.4 Å². The number of carbonyl (C=O) groups is 4. The van der Waals surface area contributed by atoms with E-state index in [0.29, 0.717) is 0 Å². The summed E-state index contributed by atoms with van der Waals surface area (Å²) >= 11 is 0.918. The Labute approximate surface area is 136 Å². The molecule has 2 amide bonds. The summed E-state index contributed by atoms with van der Waals surface area (Å²) in [6, 6.07) is 6.14. The lowest BCUT2D eigenvalue weighted by Gasteiger charge is -2.18. The van der Waals surface area contributed by atoms with Crippen LogP contribution >= 0.6 is 11.8 Å². The average molecular weight is 337 g/mol. The summed E-state index contributed by atoms with van der Waals surface area (Å²) < 4.78 is 4.66. The van der Waals surface area contributed by atoms with Gasteiger partial charge in [0.15, 0.2) is 0 Å². The van der Waals surface area contributed by atoms with Crippen LogP contribution in [0.4, 0.5) is 5.69 Å². The van der Waals surface area contributed by atoms with Crippen molar-refractivity contribution in [3.05, 3.63) is 29.8 Å². The van der Waals surface area contributed by atoms with Crippen molar-refractivity contribution in [2.45, 2.75) is 23.8 Å². The molecule has 122 valence electrons. The van der Waals surface area contributed by atoms with Crippen molar-refractivity contribution in [1.29, 1.82) is 0 Å². The molecule has 0 aliphatic carbocycles. The summed E-state index contributed by atoms with van der Waals surface area (Å²) in [5.41, 5.74) is 0.258. The molecule has 1 fully saturated rings. The predicted molar refractivity (Wildman–Crippen MR) is 83.4 cm³/mol. The van der Waals surface area contributed by atoms with Gasteiger partial charge in [0.2, 0.25) is 11.8 Å². The Hall–Kier alpha value is -2.35. The first kappa shape index (κ1) is 17.0. The fourth-order valence-electron chi connectivity index (χ4n) is 2.22. The van der Waals surface area contributed by atoms with Crippen molar-refractivity contribution in [2.75, 3.05) is 12.0 Å². The maximum absolute atomic E-state index is 12.5. The highest BCUT2D eigenvalue weighted by Gasteiger charge is 2.42. The van der Waals surface area contributed by atoms with E-state index in [4.69, 9.17) is 5.11 Å². The molecular weight excluding hydrogens is 322 g/mol. The van der Waals surface area contributed by atoms with Gasteiger partial charge in [0.25, 0.3) is 0 Å². The zero-order chi connectivity index (χ0) is 17.1. The Morgan fingerprint density at radius 2 is 2.00 bits per heavy atom. The minimum Gasteiger partial charge on any atom is -0.480 e. The Morgan fingerprint density at radius 3 is 2.61 bits per heavy atom. The second kappa shape index (κ2) is 6.82. The minimum absolute atomic E-state index is 0.101. The maximum atomic E-state index is 12.5. The third-order valence-corrected chi connectivity index (χ3v) is 4.68. The fraction of sp³-hybridized carbons (Fsp3) is 0.333. The summed E-state index contributed by atoms with van der Waals surface area (Å²) in [6.45, 7) is 1.45. The lowest BCUT2D eigenvalue weighted by molar-refractivity contribution is -0.136. The number of amides is 2. The number of carbonyl (C=O) groups excluding carboxylic acids is 3. The number of ether oxygens (including phenoxy) is 1. The van der Waals surface area contributed by atoms with Crippen LogP contribution in [0.2, 0.25) is 0 Å². The van der Waals surface area contributed by atoms with Gasteiger partial charge in [-0.05, 0) is 19.1 Å². The van der Waals surface area contributed by atoms with E-state index >= 15 is 0 Å². The zero-order valence-corrected chi connectivity index (χ0v) is 13.3. The van der Waals surface area contributed by atoms with E-state index in [1.54, 1.807) is 12.1 Å². The summed E-state index contributed by atoms with van der Waals surface area (Å²) in [5, 5.41) is 7.34. The fourth-order valence-corrected chi connectivity index (χ4v) is 3.29. The van der Waals surface area contributed by atoms with Crippen LogP contribution in [0.15, 0.2) is 24.3 Å². The number of methoxy groups -OCH3 is 1. The molecule has 23 heavy (non-hydrogen) atoms. The van der Waals surface area contributed by atoms with E-state index in [-0.39, 0.29) is 17.7 Å². The second-order valence-electron chi connectivity index (χ2n) is 4.89. The van der Waals surface area contributed by atoms with E-state index in [2.05, 4.69) is 4.74 Å². The Balaban J connectivity index is 2.31. The summed E-state index contributed by atoms with van der Waals surface area (Å²) in [5.74, 6) is -2.70. The molecule has 2 rings (SSSR count). The van der Waals surface area contributed by atoms with Gasteiger partial charge in [-0.1, -0.05) is 12.1 Å². The number of esters is 1. The lowest BCUT2D eigenvalue weighted by Crippen LogP contribution is -2.33. The third-order valence-electron chi connectivity index (χ3n) is 3.37. The minimum atomic E-state index is -1.05. The number of aliphatic carboxylic acids is 1. The molecule has 1 N–H and O–H groups in total. The first-order valence-electron chi connectivity index (χ1n) is 6.79. The van der Waals surface area contributed by atoms with Crippen molar-refractivity contribution in [3.8, 4) is 0 Å². The average Bonchev–Trinajstić information content (AvgIpc) is 2.80. The van der Waals surface area contributed by atoms with E-state index < -0.39 is 34.3 Å². The summed E-state index contributed by atoms with van der Waals surface area (Å²) in [6.07, 6.45) is -0.101. The van der Waals surface area contributed by atoms with Crippen LogP contribution in [0.1, 0.15) is 23.7 Å². The number of imide groups is 1. The van der Waals surface area contributed by atoms with E-state index in [9.17, 15) is 19.2 Å². The number of carboxylic acids is 1. The van der Waals surface area contributed by atoms with Gasteiger partial charge in [0, 0.05) is 6.42 Å². The van der Waals surface area contributed by atoms with Crippen LogP contribution in [-0.4, -0.2) is 46.5 Å². The van der Waals surface area contributed by atoms with Crippen molar-refractivity contribution >= 4 is 41.2 Å². The number of thioether (sulfide) groups is 1. The Morgan fingerprint density at radius 1 is 1.35 bits per heavy atom. The van der Waals surface area contributed by atoms with E-state index in [1.165, 1.54) is 26.2 Å². The lowest BCUT2D eigenvalue weighted by atomic mass is 10.1. The Kier molecular flexibility index (Phi) is 5.05. The largest absolute Gasteiger partial charge is 0.480 e. The smallest absolute Gasteiger partial charge is 0.339 e. The monoisotopic (exact) mass is 337 g/mol. The summed E-state index contributed by atoms with van der Waals surface area (Å²) in [4.78, 5) is 48.3. The second-order valence-corrected chi connectivity index (χ2v) is 6.43. The van der Waals surface area contributed by atoms with Crippen LogP contribution in [0, 0.1) is 0 Å². The number of para-hydroxylation sites is 1. The molecule has 0 aromatic heterocycles. The first-order chi connectivity index (χ1) is 10.9. The molecule has 2 atom stereocenters. The number of anilines is 1. The molecule has 0 spiro atoms. The predicted octanol–water partition coefficient (Wildman–Crippen LogP) is 1.31. The topological polar surface area (TPSA) is 101 Å². The zero-order valence-electron chi connectivity index (χ0n) is 12.5. The molecule has 1 aromatic carbocycles. The number of benzene rings is 1. The number of rotatable bonds is 5. The SMILES string of the molecule is COC(=O)c1ccccc1N1C(=O)CC(SC(C)C(=O)O)C1=O. The first-order valence-corrected chi connectivity index (χ1v) is 7.73. The van der Waals surface area contributed by atoms with Gasteiger partial charge in [0.1, 0.15) is 5.25 Å². The molecule has 1 aliphatic heterocycles. The molecule has 1 aromatic rings. The van der Waals surface area contributed by atoms with Crippen LogP contribution in [0.5, 0.6) is 0 Å². The van der Waals surface area contributed by atoms with Crippen molar-refractivity contribution < 1.29 is 29.0 Å². The van der Waals surface area contributed by atoms with Gasteiger partial charge in [-0.2, -0.15) is 0 Å². The highest BCUT2D eigenvalue weighted by atomic mass is 32.2. The molecule has 7 nitrogen and oxygen atoms in total. The number of carboxylic acid groups (broad SMARTS) is 1. The third kappa shape index (κ3) is 3.37. The van der Waals surface area contributed by atoms with Crippen LogP contribution in [0.25, 0.3) is 0 Å². The molecule has 1 heterocycles. The van der Waals surface area contributed by atoms with Crippen LogP contribution in [0.3, 0.4) is 0 Å². The van der Waals surface area contributed by atoms with Crippen molar-refractivity contribution in [3.63, 3.8) is 0 Å². The van der Waals surface area contributed by atoms with Gasteiger partial charge in [-0.25, -0.2) is 9.69 Å². The molecular formula is C15H15NO6S. The van der Waals surface area contributed by atoms with Crippen molar-refractivity contribution in [1.82, 2.24) is 0 Å². The number of nitrogens with zero attached hydrogens (tertiary/aromatic N) is 1. The molecule has 1 saturated heterocycles. The summed E-state index contributed by atoms with van der Waals surface area (Å²) in [7, 11) is 1.21. The molecule has 1 aliphatic rings. The number of hydrogen-bond donors (Lipinski definition) is 1. The van der Waals surface area contributed by atoms with Gasteiger partial charge < -0.3 is 9.84 Å². The van der Waals surface area contributed by atoms with Crippen LogP contribution < -0.4 is 4.90 Å². The van der Waals surface area contributed by atoms with Gasteiger partial charge >= 0.3 is 11.9 Å². The molecule has 2 unspecified atom stereocenters. The number of hydrogen-bond acceptors (Lipinski definition) is 6. The standard InChI is InChI=1S/C15H15NO6S/c1-8(14(19)20)23-11-7-12(17)16(13(11)18)10-6-4-3-5-9(10)15(21)22-2/h3-6,8,11H,7H2,1-2H3,(H,19,20). The van der Waals surface area contributed by atoms with E-state index in [0.717, 1.165) is 16.7 Å². The highest BCUT2D eigenvalue weighted by Crippen LogP contribution is 2.33.